The Morgan fingerprint density at radius 3 is 2.75 bits per heavy atom. The highest BCUT2D eigenvalue weighted by molar-refractivity contribution is 5.70. The van der Waals surface area contributed by atoms with E-state index in [4.69, 9.17) is 5.26 Å². The second-order valence-electron chi connectivity index (χ2n) is 3.98. The summed E-state index contributed by atoms with van der Waals surface area (Å²) in [6.45, 7) is 2.83. The fraction of sp³-hybridized carbons (Fsp3) is 0.385. The van der Waals surface area contributed by atoms with Crippen LogP contribution in [-0.2, 0) is 9.53 Å². The van der Waals surface area contributed by atoms with Gasteiger partial charge in [0.15, 0.2) is 0 Å². The number of nitrogens with zero attached hydrogens (tertiary/aromatic N) is 3. The molecule has 0 aromatic heterocycles. The molecular weight excluding hydrogens is 262 g/mol. The molecule has 0 amide bonds. The van der Waals surface area contributed by atoms with Crippen LogP contribution in [0.5, 0.6) is 0 Å². The zero-order chi connectivity index (χ0) is 15.1. The number of non-ortho nitro benzene ring substituents is 1. The Morgan fingerprint density at radius 2 is 2.25 bits per heavy atom. The number of esters is 1. The highest BCUT2D eigenvalue weighted by Gasteiger charge is 2.15. The van der Waals surface area contributed by atoms with Crippen LogP contribution in [-0.4, -0.2) is 31.1 Å². The minimum Gasteiger partial charge on any atom is -0.469 e. The lowest BCUT2D eigenvalue weighted by molar-refractivity contribution is -0.384. The van der Waals surface area contributed by atoms with Gasteiger partial charge in [-0.15, -0.1) is 0 Å². The Labute approximate surface area is 116 Å². The number of carbonyl (C=O) groups is 1. The van der Waals surface area contributed by atoms with Gasteiger partial charge < -0.3 is 9.64 Å². The van der Waals surface area contributed by atoms with Crippen molar-refractivity contribution in [3.63, 3.8) is 0 Å². The monoisotopic (exact) mass is 277 g/mol. The number of methoxy groups -OCH3 is 1. The maximum absolute atomic E-state index is 11.2. The summed E-state index contributed by atoms with van der Waals surface area (Å²) in [6, 6.07) is 6.05. The molecule has 0 saturated heterocycles. The van der Waals surface area contributed by atoms with E-state index in [9.17, 15) is 14.9 Å². The normalized spacial score (nSPS) is 9.65. The molecular formula is C13H15N3O4. The first kappa shape index (κ1) is 15.4. The lowest BCUT2D eigenvalue weighted by Crippen LogP contribution is -2.26. The standard InChI is InChI=1S/C13H15N3O4/c1-3-15(7-6-13(17)20-2)12-5-4-11(16(18)19)8-10(12)9-14/h4-5,8H,3,6-7H2,1-2H3. The van der Waals surface area contributed by atoms with Crippen molar-refractivity contribution >= 4 is 17.3 Å². The van der Waals surface area contributed by atoms with Gasteiger partial charge in [-0.2, -0.15) is 5.26 Å². The fourth-order valence-corrected chi connectivity index (χ4v) is 1.78. The van der Waals surface area contributed by atoms with Gasteiger partial charge in [0.05, 0.1) is 29.7 Å². The van der Waals surface area contributed by atoms with Crippen LogP contribution < -0.4 is 4.90 Å². The number of nitro groups is 1. The van der Waals surface area contributed by atoms with E-state index in [2.05, 4.69) is 4.74 Å². The molecule has 20 heavy (non-hydrogen) atoms. The Balaban J connectivity index is 3.00. The van der Waals surface area contributed by atoms with Crippen LogP contribution in [0.2, 0.25) is 0 Å². The van der Waals surface area contributed by atoms with Crippen LogP contribution in [0.3, 0.4) is 0 Å². The van der Waals surface area contributed by atoms with Crippen molar-refractivity contribution in [2.75, 3.05) is 25.1 Å². The summed E-state index contributed by atoms with van der Waals surface area (Å²) in [5.41, 5.74) is 0.657. The number of hydrogen-bond donors (Lipinski definition) is 0. The van der Waals surface area contributed by atoms with Gasteiger partial charge in [-0.1, -0.05) is 0 Å². The lowest BCUT2D eigenvalue weighted by atomic mass is 10.1. The first-order valence-electron chi connectivity index (χ1n) is 6.03. The van der Waals surface area contributed by atoms with E-state index < -0.39 is 4.92 Å². The summed E-state index contributed by atoms with van der Waals surface area (Å²) in [7, 11) is 1.31. The molecule has 7 nitrogen and oxygen atoms in total. The molecule has 7 heteroatoms. The maximum atomic E-state index is 11.2. The quantitative estimate of drug-likeness (QED) is 0.447. The first-order chi connectivity index (χ1) is 9.53. The second-order valence-corrected chi connectivity index (χ2v) is 3.98. The van der Waals surface area contributed by atoms with Crippen molar-refractivity contribution < 1.29 is 14.5 Å². The van der Waals surface area contributed by atoms with Crippen LogP contribution in [0.15, 0.2) is 18.2 Å². The maximum Gasteiger partial charge on any atom is 0.307 e. The molecule has 0 radical (unpaired) electrons. The number of hydrogen-bond acceptors (Lipinski definition) is 6. The van der Waals surface area contributed by atoms with Crippen molar-refractivity contribution in [3.8, 4) is 6.07 Å². The van der Waals surface area contributed by atoms with Crippen molar-refractivity contribution in [3.05, 3.63) is 33.9 Å². The lowest BCUT2D eigenvalue weighted by Gasteiger charge is -2.23. The third-order valence-corrected chi connectivity index (χ3v) is 2.85. The number of rotatable bonds is 6. The zero-order valence-corrected chi connectivity index (χ0v) is 11.3. The Hall–Kier alpha value is -2.62. The first-order valence-corrected chi connectivity index (χ1v) is 6.03. The number of carbonyl (C=O) groups excluding carboxylic acids is 1. The Morgan fingerprint density at radius 1 is 1.55 bits per heavy atom. The third-order valence-electron chi connectivity index (χ3n) is 2.85. The van der Waals surface area contributed by atoms with Gasteiger partial charge in [-0.3, -0.25) is 14.9 Å². The van der Waals surface area contributed by atoms with Crippen molar-refractivity contribution in [1.82, 2.24) is 0 Å². The molecule has 0 heterocycles. The summed E-state index contributed by atoms with van der Waals surface area (Å²) in [5.74, 6) is -0.344. The topological polar surface area (TPSA) is 96.5 Å². The summed E-state index contributed by atoms with van der Waals surface area (Å²) in [6.07, 6.45) is 0.187. The molecule has 0 spiro atoms. The number of nitriles is 1. The predicted octanol–water partition coefficient (Wildman–Crippen LogP) is 1.86. The minimum absolute atomic E-state index is 0.130. The summed E-state index contributed by atoms with van der Waals surface area (Å²) < 4.78 is 4.57. The molecule has 0 fully saturated rings. The van der Waals surface area contributed by atoms with Gasteiger partial charge in [-0.25, -0.2) is 0 Å². The largest absolute Gasteiger partial charge is 0.469 e. The van der Waals surface area contributed by atoms with E-state index >= 15 is 0 Å². The highest BCUT2D eigenvalue weighted by Crippen LogP contribution is 2.25. The molecule has 106 valence electrons. The molecule has 0 unspecified atom stereocenters. The van der Waals surface area contributed by atoms with Crippen molar-refractivity contribution in [2.24, 2.45) is 0 Å². The van der Waals surface area contributed by atoms with Crippen LogP contribution in [0, 0.1) is 21.4 Å². The fourth-order valence-electron chi connectivity index (χ4n) is 1.78. The molecule has 0 aliphatic carbocycles. The minimum atomic E-state index is -0.546. The van der Waals surface area contributed by atoms with Gasteiger partial charge in [0.25, 0.3) is 5.69 Å². The summed E-state index contributed by atoms with van der Waals surface area (Å²) >= 11 is 0. The smallest absolute Gasteiger partial charge is 0.307 e. The molecule has 0 aliphatic heterocycles. The van der Waals surface area contributed by atoms with Gasteiger partial charge in [-0.05, 0) is 13.0 Å². The Bertz CT molecular complexity index is 551. The summed E-state index contributed by atoms with van der Waals surface area (Å²) in [5, 5.41) is 19.8. The zero-order valence-electron chi connectivity index (χ0n) is 11.3. The average Bonchev–Trinajstić information content (AvgIpc) is 2.47. The number of ether oxygens (including phenoxy) is 1. The number of anilines is 1. The number of benzene rings is 1. The van der Waals surface area contributed by atoms with Gasteiger partial charge >= 0.3 is 5.97 Å². The Kier molecular flexibility index (Phi) is 5.47. The van der Waals surface area contributed by atoms with E-state index in [0.717, 1.165) is 0 Å². The van der Waals surface area contributed by atoms with Crippen LogP contribution in [0.25, 0.3) is 0 Å². The third kappa shape index (κ3) is 3.68. The van der Waals surface area contributed by atoms with E-state index in [-0.39, 0.29) is 23.6 Å². The van der Waals surface area contributed by atoms with Crippen LogP contribution in [0.1, 0.15) is 18.9 Å². The van der Waals surface area contributed by atoms with Crippen molar-refractivity contribution in [1.29, 1.82) is 5.26 Å². The van der Waals surface area contributed by atoms with E-state index in [0.29, 0.717) is 18.8 Å². The molecule has 1 aromatic carbocycles. The van der Waals surface area contributed by atoms with Crippen LogP contribution >= 0.6 is 0 Å². The molecule has 1 rings (SSSR count). The molecule has 0 atom stereocenters. The average molecular weight is 277 g/mol. The number of nitro benzene ring substituents is 1. The molecule has 0 bridgehead atoms. The highest BCUT2D eigenvalue weighted by atomic mass is 16.6. The SMILES string of the molecule is CCN(CCC(=O)OC)c1ccc([N+](=O)[O-])cc1C#N. The van der Waals surface area contributed by atoms with Gasteiger partial charge in [0.1, 0.15) is 6.07 Å². The predicted molar refractivity (Wildman–Crippen MR) is 72.3 cm³/mol. The molecule has 0 aliphatic rings. The van der Waals surface area contributed by atoms with Gasteiger partial charge in [0, 0.05) is 25.2 Å². The van der Waals surface area contributed by atoms with E-state index in [1.54, 1.807) is 4.90 Å². The summed E-state index contributed by atoms with van der Waals surface area (Å²) in [4.78, 5) is 23.1. The molecule has 0 saturated carbocycles. The van der Waals surface area contributed by atoms with Crippen LogP contribution in [0.4, 0.5) is 11.4 Å². The van der Waals surface area contributed by atoms with Gasteiger partial charge in [0.2, 0.25) is 0 Å². The second kappa shape index (κ2) is 7.09. The molecule has 0 N–H and O–H groups in total. The molecule has 1 aromatic rings. The van der Waals surface area contributed by atoms with E-state index in [1.165, 1.54) is 25.3 Å². The van der Waals surface area contributed by atoms with Crippen molar-refractivity contribution in [2.45, 2.75) is 13.3 Å². The van der Waals surface area contributed by atoms with E-state index in [1.807, 2.05) is 13.0 Å².